The summed E-state index contributed by atoms with van der Waals surface area (Å²) in [6.07, 6.45) is 3.01. The van der Waals surface area contributed by atoms with Crippen molar-refractivity contribution in [1.82, 2.24) is 4.90 Å². The van der Waals surface area contributed by atoms with Gasteiger partial charge in [0.15, 0.2) is 0 Å². The Balaban J connectivity index is 2.04. The third-order valence-electron chi connectivity index (χ3n) is 4.20. The zero-order chi connectivity index (χ0) is 9.42. The lowest BCUT2D eigenvalue weighted by molar-refractivity contribution is 0.0855. The number of fused-ring (bicyclic) bond motifs is 2. The fraction of sp³-hybridized carbons (Fsp3) is 1.00. The summed E-state index contributed by atoms with van der Waals surface area (Å²) in [6, 6.07) is 0. The second kappa shape index (κ2) is 3.61. The highest BCUT2D eigenvalue weighted by Crippen LogP contribution is 2.45. The van der Waals surface area contributed by atoms with Crippen LogP contribution in [0.15, 0.2) is 0 Å². The standard InChI is InChI=1S/C12H23N/c1-4-13-7-10-5-6-11(8-13)12(10)9(2)3/h9-12H,4-8H2,1-3H3. The Bertz CT molecular complexity index is 162. The number of nitrogens with zero attached hydrogens (tertiary/aromatic N) is 1. The Kier molecular flexibility index (Phi) is 2.64. The number of piperidine rings is 1. The van der Waals surface area contributed by atoms with Crippen LogP contribution in [0.25, 0.3) is 0 Å². The third-order valence-corrected chi connectivity index (χ3v) is 4.20. The predicted octanol–water partition coefficient (Wildman–Crippen LogP) is 2.62. The van der Waals surface area contributed by atoms with Gasteiger partial charge in [-0.2, -0.15) is 0 Å². The summed E-state index contributed by atoms with van der Waals surface area (Å²) in [6.45, 7) is 11.2. The summed E-state index contributed by atoms with van der Waals surface area (Å²) in [5.74, 6) is 4.01. The second-order valence-corrected chi connectivity index (χ2v) is 5.27. The van der Waals surface area contributed by atoms with Gasteiger partial charge in [0, 0.05) is 13.1 Å². The first kappa shape index (κ1) is 9.51. The van der Waals surface area contributed by atoms with Crippen molar-refractivity contribution in [3.63, 3.8) is 0 Å². The van der Waals surface area contributed by atoms with Crippen molar-refractivity contribution in [2.45, 2.75) is 33.6 Å². The van der Waals surface area contributed by atoms with Crippen LogP contribution < -0.4 is 0 Å². The van der Waals surface area contributed by atoms with Crippen LogP contribution in [0.3, 0.4) is 0 Å². The Morgan fingerprint density at radius 3 is 2.08 bits per heavy atom. The van der Waals surface area contributed by atoms with E-state index in [2.05, 4.69) is 25.7 Å². The molecule has 1 heterocycles. The lowest BCUT2D eigenvalue weighted by Crippen LogP contribution is -2.43. The summed E-state index contributed by atoms with van der Waals surface area (Å²) in [4.78, 5) is 2.65. The molecule has 0 N–H and O–H groups in total. The summed E-state index contributed by atoms with van der Waals surface area (Å²) in [7, 11) is 0. The maximum absolute atomic E-state index is 2.65. The van der Waals surface area contributed by atoms with Gasteiger partial charge in [-0.3, -0.25) is 0 Å². The van der Waals surface area contributed by atoms with Crippen LogP contribution >= 0.6 is 0 Å². The van der Waals surface area contributed by atoms with Crippen LogP contribution in [0.4, 0.5) is 0 Å². The number of rotatable bonds is 2. The van der Waals surface area contributed by atoms with Gasteiger partial charge >= 0.3 is 0 Å². The Morgan fingerprint density at radius 1 is 1.15 bits per heavy atom. The molecule has 2 atom stereocenters. The molecule has 13 heavy (non-hydrogen) atoms. The highest BCUT2D eigenvalue weighted by molar-refractivity contribution is 4.93. The normalized spacial score (nSPS) is 40.2. The van der Waals surface area contributed by atoms with Crippen molar-refractivity contribution >= 4 is 0 Å². The molecule has 0 spiro atoms. The SMILES string of the molecule is CCN1CC2CCC(C1)C2C(C)C. The molecular weight excluding hydrogens is 158 g/mol. The van der Waals surface area contributed by atoms with Gasteiger partial charge in [-0.1, -0.05) is 20.8 Å². The molecule has 2 aliphatic rings. The van der Waals surface area contributed by atoms with Crippen LogP contribution in [0.1, 0.15) is 33.6 Å². The van der Waals surface area contributed by atoms with Gasteiger partial charge in [-0.25, -0.2) is 0 Å². The second-order valence-electron chi connectivity index (χ2n) is 5.27. The highest BCUT2D eigenvalue weighted by atomic mass is 15.1. The molecule has 2 unspecified atom stereocenters. The van der Waals surface area contributed by atoms with Gasteiger partial charge in [0.2, 0.25) is 0 Å². The molecular formula is C12H23N. The van der Waals surface area contributed by atoms with Crippen molar-refractivity contribution < 1.29 is 0 Å². The van der Waals surface area contributed by atoms with E-state index in [1.807, 2.05) is 0 Å². The molecule has 76 valence electrons. The van der Waals surface area contributed by atoms with Crippen LogP contribution in [-0.4, -0.2) is 24.5 Å². The lowest BCUT2D eigenvalue weighted by Gasteiger charge is -2.39. The third kappa shape index (κ3) is 1.63. The maximum Gasteiger partial charge on any atom is 0.00125 e. The van der Waals surface area contributed by atoms with Gasteiger partial charge < -0.3 is 4.90 Å². The smallest absolute Gasteiger partial charge is 0.00125 e. The van der Waals surface area contributed by atoms with E-state index >= 15 is 0 Å². The summed E-state index contributed by atoms with van der Waals surface area (Å²) < 4.78 is 0. The van der Waals surface area contributed by atoms with Crippen molar-refractivity contribution in [2.24, 2.45) is 23.7 Å². The molecule has 0 aromatic rings. The van der Waals surface area contributed by atoms with E-state index in [1.165, 1.54) is 32.5 Å². The van der Waals surface area contributed by atoms with E-state index in [1.54, 1.807) is 0 Å². The van der Waals surface area contributed by atoms with Crippen LogP contribution in [0.2, 0.25) is 0 Å². The molecule has 1 aliphatic heterocycles. The molecule has 1 saturated carbocycles. The van der Waals surface area contributed by atoms with Gasteiger partial charge in [-0.15, -0.1) is 0 Å². The summed E-state index contributed by atoms with van der Waals surface area (Å²) in [5, 5.41) is 0. The minimum Gasteiger partial charge on any atom is -0.303 e. The molecule has 1 nitrogen and oxygen atoms in total. The number of likely N-dealkylation sites (tertiary alicyclic amines) is 1. The van der Waals surface area contributed by atoms with Gasteiger partial charge in [-0.05, 0) is 43.1 Å². The van der Waals surface area contributed by atoms with Crippen molar-refractivity contribution in [2.75, 3.05) is 19.6 Å². The Labute approximate surface area is 82.5 Å². The van der Waals surface area contributed by atoms with Crippen molar-refractivity contribution in [1.29, 1.82) is 0 Å². The largest absolute Gasteiger partial charge is 0.303 e. The zero-order valence-corrected chi connectivity index (χ0v) is 9.29. The lowest BCUT2D eigenvalue weighted by atomic mass is 9.77. The summed E-state index contributed by atoms with van der Waals surface area (Å²) in [5.41, 5.74) is 0. The van der Waals surface area contributed by atoms with E-state index in [0.29, 0.717) is 0 Å². The van der Waals surface area contributed by atoms with E-state index in [0.717, 1.165) is 23.7 Å². The molecule has 2 fully saturated rings. The fourth-order valence-electron chi connectivity index (χ4n) is 3.71. The van der Waals surface area contributed by atoms with Gasteiger partial charge in [0.05, 0.1) is 0 Å². The first-order valence-corrected chi connectivity index (χ1v) is 5.94. The predicted molar refractivity (Wildman–Crippen MR) is 56.7 cm³/mol. The first-order valence-electron chi connectivity index (χ1n) is 5.94. The van der Waals surface area contributed by atoms with Gasteiger partial charge in [0.25, 0.3) is 0 Å². The maximum atomic E-state index is 2.65. The van der Waals surface area contributed by atoms with Crippen molar-refractivity contribution in [3.8, 4) is 0 Å². The number of hydrogen-bond acceptors (Lipinski definition) is 1. The van der Waals surface area contributed by atoms with Crippen LogP contribution in [0.5, 0.6) is 0 Å². The van der Waals surface area contributed by atoms with Crippen LogP contribution in [-0.2, 0) is 0 Å². The monoisotopic (exact) mass is 181 g/mol. The molecule has 0 aromatic carbocycles. The fourth-order valence-corrected chi connectivity index (χ4v) is 3.71. The molecule has 2 bridgehead atoms. The molecule has 1 aliphatic carbocycles. The van der Waals surface area contributed by atoms with Gasteiger partial charge in [0.1, 0.15) is 0 Å². The Hall–Kier alpha value is -0.0400. The van der Waals surface area contributed by atoms with Crippen molar-refractivity contribution in [3.05, 3.63) is 0 Å². The van der Waals surface area contributed by atoms with E-state index in [9.17, 15) is 0 Å². The quantitative estimate of drug-likeness (QED) is 0.633. The molecule has 2 rings (SSSR count). The molecule has 1 heteroatoms. The Morgan fingerprint density at radius 2 is 1.69 bits per heavy atom. The van der Waals surface area contributed by atoms with E-state index in [4.69, 9.17) is 0 Å². The number of hydrogen-bond donors (Lipinski definition) is 0. The summed E-state index contributed by atoms with van der Waals surface area (Å²) >= 11 is 0. The van der Waals surface area contributed by atoms with Crippen LogP contribution in [0, 0.1) is 23.7 Å². The van der Waals surface area contributed by atoms with E-state index in [-0.39, 0.29) is 0 Å². The first-order chi connectivity index (χ1) is 6.22. The zero-order valence-electron chi connectivity index (χ0n) is 9.29. The molecule has 0 radical (unpaired) electrons. The molecule has 1 saturated heterocycles. The average Bonchev–Trinajstić information content (AvgIpc) is 2.37. The minimum atomic E-state index is 0.913. The highest BCUT2D eigenvalue weighted by Gasteiger charge is 2.42. The topological polar surface area (TPSA) is 3.24 Å². The molecule has 0 amide bonds. The molecule has 0 aromatic heterocycles. The van der Waals surface area contributed by atoms with E-state index < -0.39 is 0 Å². The minimum absolute atomic E-state index is 0.913. The average molecular weight is 181 g/mol.